The van der Waals surface area contributed by atoms with Crippen LogP contribution >= 0.6 is 0 Å². The van der Waals surface area contributed by atoms with Gasteiger partial charge in [0.05, 0.1) is 6.61 Å². The van der Waals surface area contributed by atoms with Crippen LogP contribution in [0.5, 0.6) is 0 Å². The number of rotatable bonds is 6. The molecule has 0 amide bonds. The van der Waals surface area contributed by atoms with E-state index >= 15 is 0 Å². The normalized spacial score (nSPS) is 11.9. The average molecular weight is 252 g/mol. The second-order valence-electron chi connectivity index (χ2n) is 4.17. The smallest absolute Gasteiger partial charge is 0.171 e. The minimum absolute atomic E-state index is 0.0574. The van der Waals surface area contributed by atoms with Crippen molar-refractivity contribution in [1.82, 2.24) is 4.98 Å². The minimum Gasteiger partial charge on any atom is -0.409 e. The fourth-order valence-corrected chi connectivity index (χ4v) is 1.59. The van der Waals surface area contributed by atoms with Crippen molar-refractivity contribution in [3.8, 4) is 0 Å². The summed E-state index contributed by atoms with van der Waals surface area (Å²) in [5.74, 6) is 0.901. The van der Waals surface area contributed by atoms with Gasteiger partial charge in [-0.25, -0.2) is 4.98 Å². The first kappa shape index (κ1) is 14.2. The number of pyridine rings is 1. The standard InChI is InChI=1S/C12H20N4O2/c1-9(2)16(6-7-18-3)11-5-4-10(8-14-11)12(13)15-17/h4-5,8-9,17H,6-7H2,1-3H3,(H2,13,15). The molecule has 0 saturated heterocycles. The number of hydrogen-bond donors (Lipinski definition) is 2. The van der Waals surface area contributed by atoms with Crippen LogP contribution in [-0.2, 0) is 4.74 Å². The quantitative estimate of drug-likeness (QED) is 0.342. The highest BCUT2D eigenvalue weighted by atomic mass is 16.5. The fourth-order valence-electron chi connectivity index (χ4n) is 1.59. The van der Waals surface area contributed by atoms with Crippen LogP contribution in [0, 0.1) is 0 Å². The lowest BCUT2D eigenvalue weighted by Crippen LogP contribution is -2.34. The molecule has 1 rings (SSSR count). The maximum Gasteiger partial charge on any atom is 0.171 e. The van der Waals surface area contributed by atoms with Gasteiger partial charge in [-0.1, -0.05) is 5.16 Å². The molecule has 1 aromatic heterocycles. The van der Waals surface area contributed by atoms with Crippen LogP contribution in [0.25, 0.3) is 0 Å². The molecule has 0 aliphatic carbocycles. The molecular formula is C12H20N4O2. The van der Waals surface area contributed by atoms with E-state index in [4.69, 9.17) is 15.7 Å². The van der Waals surface area contributed by atoms with Crippen molar-refractivity contribution in [3.05, 3.63) is 23.9 Å². The average Bonchev–Trinajstić information content (AvgIpc) is 2.38. The van der Waals surface area contributed by atoms with Gasteiger partial charge in [0.25, 0.3) is 0 Å². The number of oxime groups is 1. The molecule has 3 N–H and O–H groups in total. The molecule has 18 heavy (non-hydrogen) atoms. The van der Waals surface area contributed by atoms with Gasteiger partial charge in [-0.05, 0) is 26.0 Å². The first-order chi connectivity index (χ1) is 8.60. The molecule has 0 aliphatic rings. The zero-order chi connectivity index (χ0) is 13.5. The van der Waals surface area contributed by atoms with E-state index < -0.39 is 0 Å². The molecule has 0 unspecified atom stereocenters. The summed E-state index contributed by atoms with van der Waals surface area (Å²) in [6.07, 6.45) is 1.59. The summed E-state index contributed by atoms with van der Waals surface area (Å²) in [6, 6.07) is 3.95. The van der Waals surface area contributed by atoms with Gasteiger partial charge in [-0.2, -0.15) is 0 Å². The predicted octanol–water partition coefficient (Wildman–Crippen LogP) is 1.04. The third-order valence-electron chi connectivity index (χ3n) is 2.61. The predicted molar refractivity (Wildman–Crippen MR) is 71.1 cm³/mol. The van der Waals surface area contributed by atoms with E-state index in [0.29, 0.717) is 18.2 Å². The summed E-state index contributed by atoms with van der Waals surface area (Å²) < 4.78 is 5.08. The lowest BCUT2D eigenvalue weighted by atomic mass is 10.2. The number of ether oxygens (including phenoxy) is 1. The van der Waals surface area contributed by atoms with Gasteiger partial charge >= 0.3 is 0 Å². The summed E-state index contributed by atoms with van der Waals surface area (Å²) in [4.78, 5) is 6.45. The van der Waals surface area contributed by atoms with Crippen molar-refractivity contribution in [3.63, 3.8) is 0 Å². The van der Waals surface area contributed by atoms with Gasteiger partial charge in [-0.3, -0.25) is 0 Å². The SMILES string of the molecule is COCCN(c1ccc(/C(N)=N/O)cn1)C(C)C. The highest BCUT2D eigenvalue weighted by Crippen LogP contribution is 2.14. The molecule has 0 atom stereocenters. The van der Waals surface area contributed by atoms with Crippen LogP contribution in [0.15, 0.2) is 23.5 Å². The van der Waals surface area contributed by atoms with Crippen molar-refractivity contribution in [2.75, 3.05) is 25.2 Å². The minimum atomic E-state index is 0.0574. The largest absolute Gasteiger partial charge is 0.409 e. The number of nitrogens with zero attached hydrogens (tertiary/aromatic N) is 3. The number of nitrogens with two attached hydrogens (primary N) is 1. The monoisotopic (exact) mass is 252 g/mol. The van der Waals surface area contributed by atoms with Crippen LogP contribution in [0.2, 0.25) is 0 Å². The number of hydrogen-bond acceptors (Lipinski definition) is 5. The molecule has 0 fully saturated rings. The van der Waals surface area contributed by atoms with E-state index in [1.54, 1.807) is 19.4 Å². The van der Waals surface area contributed by atoms with Crippen LogP contribution in [0.4, 0.5) is 5.82 Å². The topological polar surface area (TPSA) is 84.0 Å². The number of anilines is 1. The second kappa shape index (κ2) is 6.80. The Morgan fingerprint density at radius 2 is 2.28 bits per heavy atom. The third-order valence-corrected chi connectivity index (χ3v) is 2.61. The van der Waals surface area contributed by atoms with Crippen molar-refractivity contribution in [1.29, 1.82) is 0 Å². The van der Waals surface area contributed by atoms with Crippen LogP contribution in [0.1, 0.15) is 19.4 Å². The Morgan fingerprint density at radius 3 is 2.72 bits per heavy atom. The van der Waals surface area contributed by atoms with Gasteiger partial charge in [0, 0.05) is 31.5 Å². The Labute approximate surface area is 107 Å². The number of aromatic nitrogens is 1. The summed E-state index contributed by atoms with van der Waals surface area (Å²) in [5, 5.41) is 11.5. The zero-order valence-corrected chi connectivity index (χ0v) is 11.0. The van der Waals surface area contributed by atoms with E-state index in [-0.39, 0.29) is 5.84 Å². The van der Waals surface area contributed by atoms with E-state index in [1.165, 1.54) is 0 Å². The second-order valence-corrected chi connectivity index (χ2v) is 4.17. The van der Waals surface area contributed by atoms with Gasteiger partial charge in [0.15, 0.2) is 5.84 Å². The van der Waals surface area contributed by atoms with Gasteiger partial charge in [0.2, 0.25) is 0 Å². The molecule has 0 bridgehead atoms. The van der Waals surface area contributed by atoms with Gasteiger partial charge in [-0.15, -0.1) is 0 Å². The summed E-state index contributed by atoms with van der Waals surface area (Å²) in [5.41, 5.74) is 6.08. The molecule has 6 nitrogen and oxygen atoms in total. The van der Waals surface area contributed by atoms with Gasteiger partial charge < -0.3 is 20.6 Å². The van der Waals surface area contributed by atoms with E-state index in [2.05, 4.69) is 28.9 Å². The Bertz CT molecular complexity index is 390. The van der Waals surface area contributed by atoms with Crippen LogP contribution in [0.3, 0.4) is 0 Å². The first-order valence-corrected chi connectivity index (χ1v) is 5.79. The lowest BCUT2D eigenvalue weighted by Gasteiger charge is -2.27. The van der Waals surface area contributed by atoms with E-state index in [1.807, 2.05) is 6.07 Å². The number of amidine groups is 1. The van der Waals surface area contributed by atoms with Crippen LogP contribution in [-0.4, -0.2) is 42.3 Å². The Balaban J connectivity index is 2.86. The highest BCUT2D eigenvalue weighted by molar-refractivity contribution is 5.96. The van der Waals surface area contributed by atoms with E-state index in [0.717, 1.165) is 12.4 Å². The molecule has 1 aromatic rings. The zero-order valence-electron chi connectivity index (χ0n) is 11.0. The van der Waals surface area contributed by atoms with Gasteiger partial charge in [0.1, 0.15) is 5.82 Å². The van der Waals surface area contributed by atoms with Crippen molar-refractivity contribution in [2.24, 2.45) is 10.9 Å². The van der Waals surface area contributed by atoms with Crippen molar-refractivity contribution in [2.45, 2.75) is 19.9 Å². The molecule has 1 heterocycles. The maximum absolute atomic E-state index is 8.58. The molecule has 100 valence electrons. The fraction of sp³-hybridized carbons (Fsp3) is 0.500. The highest BCUT2D eigenvalue weighted by Gasteiger charge is 2.11. The molecule has 6 heteroatoms. The summed E-state index contributed by atoms with van der Waals surface area (Å²) >= 11 is 0. The van der Waals surface area contributed by atoms with E-state index in [9.17, 15) is 0 Å². The van der Waals surface area contributed by atoms with Crippen molar-refractivity contribution < 1.29 is 9.94 Å². The molecule has 0 saturated carbocycles. The molecule has 0 aliphatic heterocycles. The Morgan fingerprint density at radius 1 is 1.56 bits per heavy atom. The lowest BCUT2D eigenvalue weighted by molar-refractivity contribution is 0.203. The Hall–Kier alpha value is -1.82. The molecule has 0 spiro atoms. The first-order valence-electron chi connectivity index (χ1n) is 5.79. The summed E-state index contributed by atoms with van der Waals surface area (Å²) in [6.45, 7) is 5.59. The third kappa shape index (κ3) is 3.59. The summed E-state index contributed by atoms with van der Waals surface area (Å²) in [7, 11) is 1.67. The van der Waals surface area contributed by atoms with Crippen molar-refractivity contribution >= 4 is 11.7 Å². The maximum atomic E-state index is 8.58. The Kier molecular flexibility index (Phi) is 5.38. The van der Waals surface area contributed by atoms with Crippen LogP contribution < -0.4 is 10.6 Å². The molecule has 0 aromatic carbocycles. The molecule has 0 radical (unpaired) electrons. The number of methoxy groups -OCH3 is 1. The molecular weight excluding hydrogens is 232 g/mol.